The van der Waals surface area contributed by atoms with Gasteiger partial charge in [0, 0.05) is 23.7 Å². The number of aryl methyl sites for hydroxylation is 1. The summed E-state index contributed by atoms with van der Waals surface area (Å²) in [6, 6.07) is 7.50. The van der Waals surface area contributed by atoms with Crippen LogP contribution >= 0.6 is 11.6 Å². The van der Waals surface area contributed by atoms with E-state index < -0.39 is 0 Å². The van der Waals surface area contributed by atoms with Crippen molar-refractivity contribution in [1.82, 2.24) is 19.9 Å². The van der Waals surface area contributed by atoms with Crippen LogP contribution in [0.4, 0.5) is 0 Å². The van der Waals surface area contributed by atoms with Crippen LogP contribution < -0.4 is 5.73 Å². The van der Waals surface area contributed by atoms with E-state index in [1.807, 2.05) is 24.0 Å². The van der Waals surface area contributed by atoms with Crippen molar-refractivity contribution >= 4 is 17.5 Å². The largest absolute Gasteiger partial charge is 0.334 e. The number of amides is 1. The van der Waals surface area contributed by atoms with E-state index in [0.29, 0.717) is 23.0 Å². The first-order valence-electron chi connectivity index (χ1n) is 7.72. The Kier molecular flexibility index (Phi) is 4.37. The average molecular weight is 334 g/mol. The van der Waals surface area contributed by atoms with E-state index in [0.717, 1.165) is 18.5 Å². The second-order valence-electron chi connectivity index (χ2n) is 6.04. The van der Waals surface area contributed by atoms with Gasteiger partial charge in [-0.25, -0.2) is 0 Å². The van der Waals surface area contributed by atoms with Gasteiger partial charge in [-0.05, 0) is 44.9 Å². The van der Waals surface area contributed by atoms with Crippen LogP contribution in [0.5, 0.6) is 0 Å². The van der Waals surface area contributed by atoms with E-state index in [1.165, 1.54) is 4.80 Å². The van der Waals surface area contributed by atoms with Crippen molar-refractivity contribution in [2.75, 3.05) is 6.54 Å². The molecule has 0 unspecified atom stereocenters. The molecule has 0 radical (unpaired) electrons. The summed E-state index contributed by atoms with van der Waals surface area (Å²) in [6.07, 6.45) is 1.63. The quantitative estimate of drug-likeness (QED) is 0.913. The molecule has 2 N–H and O–H groups in total. The van der Waals surface area contributed by atoms with Crippen molar-refractivity contribution in [2.24, 2.45) is 5.73 Å². The summed E-state index contributed by atoms with van der Waals surface area (Å²) in [5, 5.41) is 9.33. The molecule has 0 bridgehead atoms. The van der Waals surface area contributed by atoms with Crippen LogP contribution in [0.15, 0.2) is 24.3 Å². The lowest BCUT2D eigenvalue weighted by atomic mass is 9.99. The number of likely N-dealkylation sites (tertiary alicyclic amines) is 1. The minimum absolute atomic E-state index is 0.0878. The second-order valence-corrected chi connectivity index (χ2v) is 6.47. The molecule has 23 heavy (non-hydrogen) atoms. The Morgan fingerprint density at radius 2 is 2.17 bits per heavy atom. The monoisotopic (exact) mass is 333 g/mol. The number of carbonyl (C=O) groups is 1. The highest BCUT2D eigenvalue weighted by Crippen LogP contribution is 2.20. The summed E-state index contributed by atoms with van der Waals surface area (Å²) in [5.41, 5.74) is 7.69. The van der Waals surface area contributed by atoms with Gasteiger partial charge >= 0.3 is 0 Å². The third-order valence-corrected chi connectivity index (χ3v) is 4.44. The van der Waals surface area contributed by atoms with Crippen molar-refractivity contribution in [3.8, 4) is 5.69 Å². The van der Waals surface area contributed by atoms with E-state index in [2.05, 4.69) is 10.2 Å². The van der Waals surface area contributed by atoms with Crippen LogP contribution in [-0.2, 0) is 0 Å². The Bertz CT molecular complexity index is 729. The molecule has 1 aliphatic rings. The van der Waals surface area contributed by atoms with Crippen molar-refractivity contribution < 1.29 is 4.79 Å². The molecule has 2 heterocycles. The fourth-order valence-electron chi connectivity index (χ4n) is 2.94. The van der Waals surface area contributed by atoms with Gasteiger partial charge in [0.25, 0.3) is 5.91 Å². The first-order chi connectivity index (χ1) is 11.0. The van der Waals surface area contributed by atoms with Gasteiger partial charge in [-0.3, -0.25) is 4.79 Å². The lowest BCUT2D eigenvalue weighted by Gasteiger charge is -2.35. The molecule has 1 fully saturated rings. The fourth-order valence-corrected chi connectivity index (χ4v) is 3.12. The van der Waals surface area contributed by atoms with Gasteiger partial charge in [-0.2, -0.15) is 9.90 Å². The molecule has 0 spiro atoms. The fraction of sp³-hybridized carbons (Fsp3) is 0.438. The van der Waals surface area contributed by atoms with E-state index in [-0.39, 0.29) is 18.0 Å². The topological polar surface area (TPSA) is 77.0 Å². The van der Waals surface area contributed by atoms with Gasteiger partial charge in [0.1, 0.15) is 0 Å². The summed E-state index contributed by atoms with van der Waals surface area (Å²) in [4.78, 5) is 16.1. The number of hydrogen-bond acceptors (Lipinski definition) is 4. The molecule has 0 saturated carbocycles. The first-order valence-corrected chi connectivity index (χ1v) is 8.10. The predicted octanol–water partition coefficient (Wildman–Crippen LogP) is 2.18. The number of rotatable bonds is 2. The molecular weight excluding hydrogens is 314 g/mol. The molecule has 1 aliphatic heterocycles. The highest BCUT2D eigenvalue weighted by molar-refractivity contribution is 6.30. The number of aromatic nitrogens is 3. The Morgan fingerprint density at radius 3 is 2.87 bits per heavy atom. The molecule has 6 nitrogen and oxygen atoms in total. The smallest absolute Gasteiger partial charge is 0.276 e. The van der Waals surface area contributed by atoms with E-state index >= 15 is 0 Å². The van der Waals surface area contributed by atoms with Gasteiger partial charge in [-0.1, -0.05) is 17.7 Å². The third-order valence-electron chi connectivity index (χ3n) is 4.20. The summed E-state index contributed by atoms with van der Waals surface area (Å²) in [6.45, 7) is 4.47. The maximum absolute atomic E-state index is 12.8. The van der Waals surface area contributed by atoms with E-state index in [1.54, 1.807) is 19.1 Å². The van der Waals surface area contributed by atoms with Crippen molar-refractivity contribution in [2.45, 2.75) is 38.8 Å². The van der Waals surface area contributed by atoms with Gasteiger partial charge in [-0.15, -0.1) is 5.10 Å². The minimum Gasteiger partial charge on any atom is -0.334 e. The summed E-state index contributed by atoms with van der Waals surface area (Å²) < 4.78 is 0. The van der Waals surface area contributed by atoms with Crippen LogP contribution in [0.1, 0.15) is 35.9 Å². The maximum Gasteiger partial charge on any atom is 0.276 e. The highest BCUT2D eigenvalue weighted by Gasteiger charge is 2.30. The van der Waals surface area contributed by atoms with Crippen LogP contribution in [0, 0.1) is 6.92 Å². The third kappa shape index (κ3) is 3.23. The number of nitrogens with zero attached hydrogens (tertiary/aromatic N) is 4. The highest BCUT2D eigenvalue weighted by atomic mass is 35.5. The zero-order chi connectivity index (χ0) is 16.6. The Hall–Kier alpha value is -1.92. The summed E-state index contributed by atoms with van der Waals surface area (Å²) in [7, 11) is 0. The molecular formula is C16H20ClN5O. The van der Waals surface area contributed by atoms with Gasteiger partial charge < -0.3 is 10.6 Å². The molecule has 1 amide bonds. The average Bonchev–Trinajstić information content (AvgIpc) is 2.89. The van der Waals surface area contributed by atoms with Crippen LogP contribution in [0.3, 0.4) is 0 Å². The standard InChI is InChI=1S/C16H20ClN5O/c1-10-8-13(18)6-7-21(10)16(23)15-11(2)19-22(20-15)14-5-3-4-12(17)9-14/h3-5,9-10,13H,6-8,18H2,1-2H3/t10-,13+/m0/s1. The number of nitrogens with two attached hydrogens (primary N) is 1. The predicted molar refractivity (Wildman–Crippen MR) is 88.8 cm³/mol. The molecule has 2 atom stereocenters. The lowest BCUT2D eigenvalue weighted by Crippen LogP contribution is -2.48. The van der Waals surface area contributed by atoms with Crippen LogP contribution in [0.25, 0.3) is 5.69 Å². The molecule has 1 saturated heterocycles. The number of carbonyl (C=O) groups excluding carboxylic acids is 1. The minimum atomic E-state index is -0.0878. The molecule has 3 rings (SSSR count). The lowest BCUT2D eigenvalue weighted by molar-refractivity contribution is 0.0611. The second kappa shape index (κ2) is 6.29. The van der Waals surface area contributed by atoms with E-state index in [4.69, 9.17) is 17.3 Å². The van der Waals surface area contributed by atoms with Crippen LogP contribution in [0.2, 0.25) is 5.02 Å². The molecule has 1 aromatic carbocycles. The normalized spacial score (nSPS) is 21.5. The summed E-state index contributed by atoms with van der Waals surface area (Å²) in [5.74, 6) is -0.0878. The van der Waals surface area contributed by atoms with Gasteiger partial charge in [0.2, 0.25) is 0 Å². The van der Waals surface area contributed by atoms with Crippen molar-refractivity contribution in [3.63, 3.8) is 0 Å². The number of hydrogen-bond donors (Lipinski definition) is 1. The van der Waals surface area contributed by atoms with Crippen molar-refractivity contribution in [3.05, 3.63) is 40.7 Å². The molecule has 0 aliphatic carbocycles. The number of benzene rings is 1. The van der Waals surface area contributed by atoms with Crippen LogP contribution in [-0.4, -0.2) is 44.4 Å². The Labute approximate surface area is 140 Å². The zero-order valence-corrected chi connectivity index (χ0v) is 14.0. The zero-order valence-electron chi connectivity index (χ0n) is 13.2. The SMILES string of the molecule is Cc1nn(-c2cccc(Cl)c2)nc1C(=O)N1CC[C@@H](N)C[C@@H]1C. The molecule has 1 aromatic heterocycles. The number of piperidine rings is 1. The molecule has 122 valence electrons. The van der Waals surface area contributed by atoms with Gasteiger partial charge in [0.15, 0.2) is 5.69 Å². The maximum atomic E-state index is 12.8. The number of halogens is 1. The Balaban J connectivity index is 1.87. The first kappa shape index (κ1) is 16.0. The Morgan fingerprint density at radius 1 is 1.39 bits per heavy atom. The van der Waals surface area contributed by atoms with E-state index in [9.17, 15) is 4.79 Å². The summed E-state index contributed by atoms with van der Waals surface area (Å²) >= 11 is 6.00. The van der Waals surface area contributed by atoms with Crippen molar-refractivity contribution in [1.29, 1.82) is 0 Å². The molecule has 7 heteroatoms. The van der Waals surface area contributed by atoms with Gasteiger partial charge in [0.05, 0.1) is 11.4 Å². The molecule has 2 aromatic rings.